The molecule has 15 heavy (non-hydrogen) atoms. The van der Waals surface area contributed by atoms with Gasteiger partial charge in [0.1, 0.15) is 0 Å². The average Bonchev–Trinajstić information content (AvgIpc) is 2.22. The molecule has 0 aromatic rings. The lowest BCUT2D eigenvalue weighted by molar-refractivity contribution is -0.134. The number of hydrogen-bond acceptors (Lipinski definition) is 3. The Morgan fingerprint density at radius 1 is 1.40 bits per heavy atom. The van der Waals surface area contributed by atoms with Gasteiger partial charge in [-0.1, -0.05) is 27.2 Å². The number of amides is 1. The lowest BCUT2D eigenvalue weighted by atomic mass is 10.0. The first-order valence-corrected chi connectivity index (χ1v) is 5.69. The topological polar surface area (TPSA) is 66.6 Å². The molecule has 4 heteroatoms. The Morgan fingerprint density at radius 3 is 2.40 bits per heavy atom. The summed E-state index contributed by atoms with van der Waals surface area (Å²) in [6.45, 7) is 7.01. The molecule has 0 heterocycles. The lowest BCUT2D eigenvalue weighted by Crippen LogP contribution is -2.47. The summed E-state index contributed by atoms with van der Waals surface area (Å²) in [5, 5.41) is 8.87. The highest BCUT2D eigenvalue weighted by atomic mass is 16.3. The van der Waals surface area contributed by atoms with Gasteiger partial charge in [0, 0.05) is 13.1 Å². The van der Waals surface area contributed by atoms with E-state index in [2.05, 4.69) is 6.92 Å². The third-order valence-corrected chi connectivity index (χ3v) is 2.47. The molecule has 1 amide bonds. The minimum atomic E-state index is -0.451. The van der Waals surface area contributed by atoms with Crippen molar-refractivity contribution in [2.24, 2.45) is 11.7 Å². The average molecular weight is 216 g/mol. The molecular weight excluding hydrogens is 192 g/mol. The lowest BCUT2D eigenvalue weighted by Gasteiger charge is -2.26. The minimum absolute atomic E-state index is 0.000267. The Kier molecular flexibility index (Phi) is 7.34. The maximum Gasteiger partial charge on any atom is 0.239 e. The van der Waals surface area contributed by atoms with Crippen molar-refractivity contribution < 1.29 is 9.90 Å². The van der Waals surface area contributed by atoms with Gasteiger partial charge in [0.15, 0.2) is 0 Å². The molecule has 0 aliphatic rings. The summed E-state index contributed by atoms with van der Waals surface area (Å²) in [7, 11) is 0. The van der Waals surface area contributed by atoms with Gasteiger partial charge in [-0.2, -0.15) is 0 Å². The molecule has 0 aromatic heterocycles. The Hall–Kier alpha value is -0.610. The molecule has 0 spiro atoms. The van der Waals surface area contributed by atoms with Crippen LogP contribution in [0.4, 0.5) is 0 Å². The van der Waals surface area contributed by atoms with Gasteiger partial charge in [-0.25, -0.2) is 0 Å². The molecule has 0 bridgehead atoms. The summed E-state index contributed by atoms with van der Waals surface area (Å²) >= 11 is 0. The standard InChI is InChI=1S/C11H24N2O2/c1-4-5-6-13(7-8-14)11(15)10(12)9(2)3/h9-10,14H,4-8,12H2,1-3H3/t10-/m1/s1. The Bertz CT molecular complexity index is 183. The van der Waals surface area contributed by atoms with E-state index in [0.717, 1.165) is 12.8 Å². The van der Waals surface area contributed by atoms with Crippen molar-refractivity contribution in [3.05, 3.63) is 0 Å². The zero-order valence-electron chi connectivity index (χ0n) is 10.1. The van der Waals surface area contributed by atoms with Crippen molar-refractivity contribution in [1.29, 1.82) is 0 Å². The van der Waals surface area contributed by atoms with E-state index >= 15 is 0 Å². The second-order valence-corrected chi connectivity index (χ2v) is 4.17. The van der Waals surface area contributed by atoms with Gasteiger partial charge in [0.05, 0.1) is 12.6 Å². The van der Waals surface area contributed by atoms with Crippen LogP contribution in [0.2, 0.25) is 0 Å². The molecule has 3 N–H and O–H groups in total. The maximum absolute atomic E-state index is 11.9. The van der Waals surface area contributed by atoms with Crippen LogP contribution in [-0.4, -0.2) is 41.7 Å². The number of hydrogen-bond donors (Lipinski definition) is 2. The third-order valence-electron chi connectivity index (χ3n) is 2.47. The third kappa shape index (κ3) is 5.14. The van der Waals surface area contributed by atoms with E-state index < -0.39 is 6.04 Å². The van der Waals surface area contributed by atoms with Crippen LogP contribution in [0.3, 0.4) is 0 Å². The SMILES string of the molecule is CCCCN(CCO)C(=O)[C@H](N)C(C)C. The van der Waals surface area contributed by atoms with Gasteiger partial charge >= 0.3 is 0 Å². The van der Waals surface area contributed by atoms with Crippen LogP contribution < -0.4 is 5.73 Å². The fourth-order valence-electron chi connectivity index (χ4n) is 1.30. The van der Waals surface area contributed by atoms with Crippen molar-refractivity contribution >= 4 is 5.91 Å². The zero-order chi connectivity index (χ0) is 11.8. The molecule has 0 aliphatic heterocycles. The Balaban J connectivity index is 4.26. The van der Waals surface area contributed by atoms with Crippen molar-refractivity contribution in [2.45, 2.75) is 39.7 Å². The molecule has 1 atom stereocenters. The van der Waals surface area contributed by atoms with Crippen LogP contribution in [-0.2, 0) is 4.79 Å². The summed E-state index contributed by atoms with van der Waals surface area (Å²) in [6.07, 6.45) is 1.99. The number of aliphatic hydroxyl groups is 1. The molecule has 0 unspecified atom stereocenters. The highest BCUT2D eigenvalue weighted by molar-refractivity contribution is 5.81. The molecule has 0 saturated heterocycles. The molecule has 0 aliphatic carbocycles. The zero-order valence-corrected chi connectivity index (χ0v) is 10.1. The summed E-state index contributed by atoms with van der Waals surface area (Å²) in [5.41, 5.74) is 5.79. The van der Waals surface area contributed by atoms with Gasteiger partial charge in [-0.15, -0.1) is 0 Å². The number of nitrogens with zero attached hydrogens (tertiary/aromatic N) is 1. The molecule has 0 radical (unpaired) electrons. The van der Waals surface area contributed by atoms with E-state index in [9.17, 15) is 4.79 Å². The first-order chi connectivity index (χ1) is 7.04. The van der Waals surface area contributed by atoms with E-state index in [0.29, 0.717) is 13.1 Å². The van der Waals surface area contributed by atoms with Crippen LogP contribution in [0.15, 0.2) is 0 Å². The molecule has 0 rings (SSSR count). The molecule has 0 fully saturated rings. The van der Waals surface area contributed by atoms with E-state index in [-0.39, 0.29) is 18.4 Å². The van der Waals surface area contributed by atoms with E-state index in [1.165, 1.54) is 0 Å². The molecule has 0 aromatic carbocycles. The summed E-state index contributed by atoms with van der Waals surface area (Å²) < 4.78 is 0. The van der Waals surface area contributed by atoms with E-state index in [1.54, 1.807) is 4.90 Å². The van der Waals surface area contributed by atoms with Gasteiger partial charge in [0.2, 0.25) is 5.91 Å². The van der Waals surface area contributed by atoms with Crippen LogP contribution in [0.5, 0.6) is 0 Å². The van der Waals surface area contributed by atoms with Crippen molar-refractivity contribution in [2.75, 3.05) is 19.7 Å². The molecule has 4 nitrogen and oxygen atoms in total. The fraction of sp³-hybridized carbons (Fsp3) is 0.909. The van der Waals surface area contributed by atoms with Crippen molar-refractivity contribution in [1.82, 2.24) is 4.90 Å². The predicted molar refractivity (Wildman–Crippen MR) is 61.4 cm³/mol. The minimum Gasteiger partial charge on any atom is -0.395 e. The molecular formula is C11H24N2O2. The fourth-order valence-corrected chi connectivity index (χ4v) is 1.30. The first kappa shape index (κ1) is 14.4. The summed E-state index contributed by atoms with van der Waals surface area (Å²) in [5.74, 6) is 0.0906. The predicted octanol–water partition coefficient (Wildman–Crippen LogP) is 0.591. The van der Waals surface area contributed by atoms with Gasteiger partial charge in [0.25, 0.3) is 0 Å². The number of nitrogens with two attached hydrogens (primary N) is 1. The molecule has 0 saturated carbocycles. The Morgan fingerprint density at radius 2 is 2.00 bits per heavy atom. The normalized spacial score (nSPS) is 12.9. The van der Waals surface area contributed by atoms with Crippen LogP contribution in [0.25, 0.3) is 0 Å². The van der Waals surface area contributed by atoms with Crippen LogP contribution >= 0.6 is 0 Å². The first-order valence-electron chi connectivity index (χ1n) is 5.69. The van der Waals surface area contributed by atoms with Crippen molar-refractivity contribution in [3.63, 3.8) is 0 Å². The van der Waals surface area contributed by atoms with E-state index in [1.807, 2.05) is 13.8 Å². The highest BCUT2D eigenvalue weighted by Crippen LogP contribution is 2.04. The molecule has 90 valence electrons. The monoisotopic (exact) mass is 216 g/mol. The van der Waals surface area contributed by atoms with Gasteiger partial charge in [-0.3, -0.25) is 4.79 Å². The van der Waals surface area contributed by atoms with Crippen LogP contribution in [0, 0.1) is 5.92 Å². The van der Waals surface area contributed by atoms with E-state index in [4.69, 9.17) is 10.8 Å². The number of aliphatic hydroxyl groups excluding tert-OH is 1. The summed E-state index contributed by atoms with van der Waals surface area (Å²) in [4.78, 5) is 13.5. The summed E-state index contributed by atoms with van der Waals surface area (Å²) in [6, 6.07) is -0.451. The number of carbonyl (C=O) groups is 1. The second kappa shape index (κ2) is 7.65. The maximum atomic E-state index is 11.9. The van der Waals surface area contributed by atoms with Gasteiger partial charge in [-0.05, 0) is 12.3 Å². The van der Waals surface area contributed by atoms with Crippen LogP contribution in [0.1, 0.15) is 33.6 Å². The largest absolute Gasteiger partial charge is 0.395 e. The Labute approximate surface area is 92.4 Å². The smallest absolute Gasteiger partial charge is 0.239 e. The second-order valence-electron chi connectivity index (χ2n) is 4.17. The number of carbonyl (C=O) groups excluding carboxylic acids is 1. The number of rotatable bonds is 7. The van der Waals surface area contributed by atoms with Gasteiger partial charge < -0.3 is 15.7 Å². The quantitative estimate of drug-likeness (QED) is 0.654. The highest BCUT2D eigenvalue weighted by Gasteiger charge is 2.22. The van der Waals surface area contributed by atoms with Crippen molar-refractivity contribution in [3.8, 4) is 0 Å². The number of unbranched alkanes of at least 4 members (excludes halogenated alkanes) is 1.